The van der Waals surface area contributed by atoms with E-state index in [0.717, 1.165) is 61.2 Å². The quantitative estimate of drug-likeness (QED) is 0.582. The summed E-state index contributed by atoms with van der Waals surface area (Å²) in [5.41, 5.74) is 13.2. The fourth-order valence-corrected chi connectivity index (χ4v) is 5.06. The molecular formula is C29H36N4. The molecule has 1 N–H and O–H groups in total. The summed E-state index contributed by atoms with van der Waals surface area (Å²) in [6.45, 7) is 19.4. The lowest BCUT2D eigenvalue weighted by Gasteiger charge is -2.40. The van der Waals surface area contributed by atoms with Gasteiger partial charge in [-0.2, -0.15) is 0 Å². The van der Waals surface area contributed by atoms with Gasteiger partial charge < -0.3 is 15.1 Å². The summed E-state index contributed by atoms with van der Waals surface area (Å²) >= 11 is 0. The second kappa shape index (κ2) is 10.1. The van der Waals surface area contributed by atoms with Gasteiger partial charge in [-0.3, -0.25) is 0 Å². The number of rotatable bonds is 6. The molecule has 172 valence electrons. The van der Waals surface area contributed by atoms with Crippen molar-refractivity contribution in [2.75, 3.05) is 32.7 Å². The van der Waals surface area contributed by atoms with Crippen LogP contribution in [0.1, 0.15) is 37.9 Å². The molecule has 0 amide bonds. The summed E-state index contributed by atoms with van der Waals surface area (Å²) in [4.78, 5) is 9.91. The maximum absolute atomic E-state index is 5.21. The number of nitrogens with zero attached hydrogens (tertiary/aromatic N) is 3. The molecule has 2 heterocycles. The highest BCUT2D eigenvalue weighted by molar-refractivity contribution is 5.99. The normalized spacial score (nSPS) is 17.4. The molecule has 1 fully saturated rings. The second-order valence-corrected chi connectivity index (χ2v) is 8.74. The van der Waals surface area contributed by atoms with Gasteiger partial charge >= 0.3 is 0 Å². The molecule has 0 radical (unpaired) electrons. The Morgan fingerprint density at radius 2 is 1.88 bits per heavy atom. The van der Waals surface area contributed by atoms with Crippen LogP contribution in [0.3, 0.4) is 0 Å². The van der Waals surface area contributed by atoms with Crippen LogP contribution >= 0.6 is 0 Å². The number of hydrogen-bond acceptors (Lipinski definition) is 4. The number of hydrogen-bond donors (Lipinski definition) is 1. The van der Waals surface area contributed by atoms with Crippen LogP contribution in [0.5, 0.6) is 0 Å². The molecule has 33 heavy (non-hydrogen) atoms. The number of allylic oxidation sites excluding steroid dienone is 1. The van der Waals surface area contributed by atoms with E-state index in [1.54, 1.807) is 0 Å². The summed E-state index contributed by atoms with van der Waals surface area (Å²) in [5.74, 6) is 1.23. The van der Waals surface area contributed by atoms with Crippen molar-refractivity contribution in [3.63, 3.8) is 0 Å². The van der Waals surface area contributed by atoms with Crippen LogP contribution < -0.4 is 5.32 Å². The Morgan fingerprint density at radius 3 is 2.52 bits per heavy atom. The van der Waals surface area contributed by atoms with Gasteiger partial charge in [-0.15, -0.1) is 11.5 Å². The minimum Gasteiger partial charge on any atom is -0.366 e. The van der Waals surface area contributed by atoms with E-state index in [1.165, 1.54) is 11.1 Å². The molecule has 0 spiro atoms. The van der Waals surface area contributed by atoms with E-state index < -0.39 is 0 Å². The highest BCUT2D eigenvalue weighted by atomic mass is 15.2. The minimum absolute atomic E-state index is 0. The van der Waals surface area contributed by atoms with Crippen molar-refractivity contribution in [1.82, 2.24) is 15.1 Å². The van der Waals surface area contributed by atoms with Gasteiger partial charge in [-0.25, -0.2) is 4.99 Å². The average Bonchev–Trinajstić information content (AvgIpc) is 2.86. The van der Waals surface area contributed by atoms with Crippen molar-refractivity contribution in [2.45, 2.75) is 26.7 Å². The molecule has 2 aromatic carbocycles. The summed E-state index contributed by atoms with van der Waals surface area (Å²) in [7, 11) is 0. The van der Waals surface area contributed by atoms with Crippen LogP contribution in [0.15, 0.2) is 83.8 Å². The molecule has 4 rings (SSSR count). The number of amidine groups is 1. The first-order chi connectivity index (χ1) is 16.1. The van der Waals surface area contributed by atoms with E-state index in [-0.39, 0.29) is 13.3 Å². The van der Waals surface area contributed by atoms with Crippen molar-refractivity contribution in [3.05, 3.63) is 95.5 Å². The Kier molecular flexibility index (Phi) is 7.01. The smallest absolute Gasteiger partial charge is 0.114 e. The standard InChI is InChI=1S/C29H34N4.H2/c1-6-26-24-20-21(4)14-15-25(24)31-29(33(26)8-3)22(5)28(23-12-10-9-11-13-23)27(7-2)32-18-16-30-17-19-32;/h9-15,20,22,28,30H,1-2,8,16-19H2,3-5H3;1H. The van der Waals surface area contributed by atoms with Gasteiger partial charge in [0.15, 0.2) is 0 Å². The van der Waals surface area contributed by atoms with Gasteiger partial charge in [0.25, 0.3) is 0 Å². The van der Waals surface area contributed by atoms with Gasteiger partial charge in [-0.05, 0) is 31.5 Å². The Balaban J connectivity index is 0.00000324. The van der Waals surface area contributed by atoms with Crippen molar-refractivity contribution in [2.24, 2.45) is 10.9 Å². The van der Waals surface area contributed by atoms with E-state index in [9.17, 15) is 0 Å². The molecule has 0 aliphatic carbocycles. The summed E-state index contributed by atoms with van der Waals surface area (Å²) < 4.78 is 0. The average molecular weight is 441 g/mol. The lowest BCUT2D eigenvalue weighted by molar-refractivity contribution is 0.274. The highest BCUT2D eigenvalue weighted by Gasteiger charge is 2.35. The lowest BCUT2D eigenvalue weighted by Crippen LogP contribution is -2.45. The van der Waals surface area contributed by atoms with Gasteiger partial charge in [-0.1, -0.05) is 62.0 Å². The number of piperazine rings is 1. The molecule has 4 heteroatoms. The van der Waals surface area contributed by atoms with Crippen LogP contribution in [0.4, 0.5) is 5.69 Å². The highest BCUT2D eigenvalue weighted by Crippen LogP contribution is 2.41. The zero-order valence-corrected chi connectivity index (χ0v) is 20.1. The second-order valence-electron chi connectivity index (χ2n) is 8.74. The van der Waals surface area contributed by atoms with E-state index >= 15 is 0 Å². The van der Waals surface area contributed by atoms with E-state index in [0.29, 0.717) is 0 Å². The topological polar surface area (TPSA) is 30.9 Å². The van der Waals surface area contributed by atoms with Crippen molar-refractivity contribution < 1.29 is 1.43 Å². The van der Waals surface area contributed by atoms with Gasteiger partial charge in [0.2, 0.25) is 0 Å². The molecule has 2 aliphatic rings. The fourth-order valence-electron chi connectivity index (χ4n) is 5.06. The number of nitrogens with one attached hydrogen (secondary N) is 1. The summed E-state index contributed by atoms with van der Waals surface area (Å²) in [5, 5.41) is 3.46. The Bertz CT molecular complexity index is 1130. The monoisotopic (exact) mass is 440 g/mol. The lowest BCUT2D eigenvalue weighted by atomic mass is 9.82. The van der Waals surface area contributed by atoms with Gasteiger partial charge in [0.1, 0.15) is 5.84 Å². The molecule has 2 aromatic rings. The van der Waals surface area contributed by atoms with Gasteiger partial charge in [0, 0.05) is 51.5 Å². The molecule has 2 unspecified atom stereocenters. The number of aliphatic imine (C=N–C) groups is 1. The molecule has 0 saturated carbocycles. The first kappa shape index (κ1) is 22.9. The maximum atomic E-state index is 5.21. The SMILES string of the molecule is C=C=C(C(c1ccccc1)C(C)C1=Nc2ccc(C)cc2C(=C=C)N1CC)N1CCNCC1.[HH]. The van der Waals surface area contributed by atoms with E-state index in [2.05, 4.69) is 109 Å². The van der Waals surface area contributed by atoms with Crippen molar-refractivity contribution >= 4 is 17.2 Å². The fraction of sp³-hybridized carbons (Fsp3) is 0.345. The molecular weight excluding hydrogens is 404 g/mol. The van der Waals surface area contributed by atoms with Crippen LogP contribution in [-0.4, -0.2) is 48.4 Å². The predicted molar refractivity (Wildman–Crippen MR) is 141 cm³/mol. The van der Waals surface area contributed by atoms with Gasteiger partial charge in [0.05, 0.1) is 17.1 Å². The Labute approximate surface area is 199 Å². The third-order valence-corrected chi connectivity index (χ3v) is 6.67. The van der Waals surface area contributed by atoms with Crippen LogP contribution in [-0.2, 0) is 0 Å². The largest absolute Gasteiger partial charge is 0.366 e. The molecule has 1 saturated heterocycles. The van der Waals surface area contributed by atoms with Crippen molar-refractivity contribution in [3.8, 4) is 0 Å². The first-order valence-electron chi connectivity index (χ1n) is 11.9. The maximum Gasteiger partial charge on any atom is 0.114 e. The number of benzene rings is 2. The zero-order valence-electron chi connectivity index (χ0n) is 20.1. The molecule has 4 nitrogen and oxygen atoms in total. The third kappa shape index (κ3) is 4.47. The first-order valence-corrected chi connectivity index (χ1v) is 11.9. The minimum atomic E-state index is 0. The zero-order chi connectivity index (χ0) is 23.4. The number of fused-ring (bicyclic) bond motifs is 1. The van der Waals surface area contributed by atoms with Crippen LogP contribution in [0.2, 0.25) is 0 Å². The van der Waals surface area contributed by atoms with E-state index in [1.807, 2.05) is 0 Å². The predicted octanol–water partition coefficient (Wildman–Crippen LogP) is 5.73. The molecule has 0 aromatic heterocycles. The van der Waals surface area contributed by atoms with Crippen molar-refractivity contribution in [1.29, 1.82) is 0 Å². The summed E-state index contributed by atoms with van der Waals surface area (Å²) in [6.07, 6.45) is 0. The Hall–Kier alpha value is -3.29. The number of aryl methyl sites for hydroxylation is 1. The molecule has 2 aliphatic heterocycles. The summed E-state index contributed by atoms with van der Waals surface area (Å²) in [6, 6.07) is 17.1. The Morgan fingerprint density at radius 1 is 1.15 bits per heavy atom. The van der Waals surface area contributed by atoms with Crippen LogP contribution in [0.25, 0.3) is 5.70 Å². The molecule has 2 atom stereocenters. The molecule has 0 bridgehead atoms. The van der Waals surface area contributed by atoms with Crippen LogP contribution in [0, 0.1) is 12.8 Å². The third-order valence-electron chi connectivity index (χ3n) is 6.67. The van der Waals surface area contributed by atoms with E-state index in [4.69, 9.17) is 4.99 Å².